The van der Waals surface area contributed by atoms with E-state index in [2.05, 4.69) is 48.4 Å². The highest BCUT2D eigenvalue weighted by atomic mass is 16.5. The molecule has 0 aliphatic heterocycles. The summed E-state index contributed by atoms with van der Waals surface area (Å²) in [6.45, 7) is 10.4. The molecule has 0 radical (unpaired) electrons. The van der Waals surface area contributed by atoms with E-state index in [4.69, 9.17) is 9.15 Å². The topological polar surface area (TPSA) is 60.2 Å². The highest BCUT2D eigenvalue weighted by molar-refractivity contribution is 5.43. The normalized spacial score (nSPS) is 10.9. The standard InChI is InChI=1S/C16H23N3O2/c1-5-14-18-19-15(21-14)10-20-16-11(3)7-13(8-12(16)4)9-17-6-2/h7-8,17H,5-6,9-10H2,1-4H3. The lowest BCUT2D eigenvalue weighted by Crippen LogP contribution is -2.12. The van der Waals surface area contributed by atoms with Crippen LogP contribution in [0.2, 0.25) is 0 Å². The van der Waals surface area contributed by atoms with Crippen LogP contribution >= 0.6 is 0 Å². The predicted molar refractivity (Wildman–Crippen MR) is 81.3 cm³/mol. The largest absolute Gasteiger partial charge is 0.483 e. The van der Waals surface area contributed by atoms with Gasteiger partial charge >= 0.3 is 0 Å². The van der Waals surface area contributed by atoms with E-state index in [0.717, 1.165) is 36.4 Å². The first kappa shape index (κ1) is 15.5. The van der Waals surface area contributed by atoms with Crippen LogP contribution in [0.1, 0.15) is 42.3 Å². The molecule has 2 aromatic rings. The number of ether oxygens (including phenoxy) is 1. The Labute approximate surface area is 125 Å². The molecule has 1 N–H and O–H groups in total. The highest BCUT2D eigenvalue weighted by Crippen LogP contribution is 2.25. The van der Waals surface area contributed by atoms with E-state index in [0.29, 0.717) is 18.4 Å². The Morgan fingerprint density at radius 2 is 1.76 bits per heavy atom. The molecule has 5 nitrogen and oxygen atoms in total. The van der Waals surface area contributed by atoms with Gasteiger partial charge in [0.25, 0.3) is 5.89 Å². The zero-order valence-corrected chi connectivity index (χ0v) is 13.2. The van der Waals surface area contributed by atoms with Crippen LogP contribution in [0.5, 0.6) is 5.75 Å². The second-order valence-electron chi connectivity index (χ2n) is 5.07. The lowest BCUT2D eigenvalue weighted by Gasteiger charge is -2.13. The fourth-order valence-electron chi connectivity index (χ4n) is 2.26. The molecule has 0 bridgehead atoms. The molecule has 0 amide bonds. The maximum absolute atomic E-state index is 5.85. The van der Waals surface area contributed by atoms with Crippen molar-refractivity contribution in [2.45, 2.75) is 47.3 Å². The van der Waals surface area contributed by atoms with Crippen molar-refractivity contribution in [2.75, 3.05) is 6.54 Å². The number of aromatic nitrogens is 2. The molecule has 114 valence electrons. The monoisotopic (exact) mass is 289 g/mol. The van der Waals surface area contributed by atoms with Gasteiger partial charge in [0.15, 0.2) is 6.61 Å². The average molecular weight is 289 g/mol. The number of rotatable bonds is 7. The SMILES string of the molecule is CCNCc1cc(C)c(OCc2nnc(CC)o2)c(C)c1. The fourth-order valence-corrected chi connectivity index (χ4v) is 2.26. The quantitative estimate of drug-likeness (QED) is 0.849. The molecule has 0 aliphatic carbocycles. The Balaban J connectivity index is 2.05. The van der Waals surface area contributed by atoms with Crippen molar-refractivity contribution < 1.29 is 9.15 Å². The molecule has 21 heavy (non-hydrogen) atoms. The number of benzene rings is 1. The zero-order valence-electron chi connectivity index (χ0n) is 13.2. The Morgan fingerprint density at radius 1 is 1.10 bits per heavy atom. The molecule has 2 rings (SSSR count). The highest BCUT2D eigenvalue weighted by Gasteiger charge is 2.10. The van der Waals surface area contributed by atoms with E-state index in [1.54, 1.807) is 0 Å². The Kier molecular flexibility index (Phi) is 5.33. The minimum atomic E-state index is 0.307. The van der Waals surface area contributed by atoms with E-state index in [1.807, 2.05) is 6.92 Å². The lowest BCUT2D eigenvalue weighted by molar-refractivity contribution is 0.256. The molecule has 5 heteroatoms. The second-order valence-corrected chi connectivity index (χ2v) is 5.07. The van der Waals surface area contributed by atoms with Crippen LogP contribution in [0.3, 0.4) is 0 Å². The summed E-state index contributed by atoms with van der Waals surface area (Å²) in [5.74, 6) is 2.05. The van der Waals surface area contributed by atoms with Crippen LogP contribution in [-0.2, 0) is 19.6 Å². The van der Waals surface area contributed by atoms with Gasteiger partial charge in [-0.1, -0.05) is 26.0 Å². The maximum Gasteiger partial charge on any atom is 0.253 e. The van der Waals surface area contributed by atoms with E-state index in [-0.39, 0.29) is 0 Å². The summed E-state index contributed by atoms with van der Waals surface area (Å²) in [7, 11) is 0. The van der Waals surface area contributed by atoms with Crippen LogP contribution < -0.4 is 10.1 Å². The first-order valence-electron chi connectivity index (χ1n) is 7.38. The smallest absolute Gasteiger partial charge is 0.253 e. The molecule has 0 saturated carbocycles. The Morgan fingerprint density at radius 3 is 2.33 bits per heavy atom. The van der Waals surface area contributed by atoms with Crippen LogP contribution in [-0.4, -0.2) is 16.7 Å². The third kappa shape index (κ3) is 4.04. The van der Waals surface area contributed by atoms with Gasteiger partial charge in [0, 0.05) is 13.0 Å². The summed E-state index contributed by atoms with van der Waals surface area (Å²) in [5.41, 5.74) is 3.52. The summed E-state index contributed by atoms with van der Waals surface area (Å²) in [4.78, 5) is 0. The van der Waals surface area contributed by atoms with Gasteiger partial charge in [-0.15, -0.1) is 10.2 Å². The minimum absolute atomic E-state index is 0.307. The fraction of sp³-hybridized carbons (Fsp3) is 0.500. The molecule has 0 saturated heterocycles. The molecule has 0 spiro atoms. The molecule has 0 unspecified atom stereocenters. The predicted octanol–water partition coefficient (Wildman–Crippen LogP) is 2.94. The van der Waals surface area contributed by atoms with E-state index in [1.165, 1.54) is 5.56 Å². The van der Waals surface area contributed by atoms with Gasteiger partial charge in [-0.25, -0.2) is 0 Å². The van der Waals surface area contributed by atoms with Crippen molar-refractivity contribution in [1.29, 1.82) is 0 Å². The van der Waals surface area contributed by atoms with Crippen LogP contribution in [0, 0.1) is 13.8 Å². The summed E-state index contributed by atoms with van der Waals surface area (Å²) >= 11 is 0. The van der Waals surface area contributed by atoms with Gasteiger partial charge in [0.2, 0.25) is 5.89 Å². The van der Waals surface area contributed by atoms with Crippen LogP contribution in [0.4, 0.5) is 0 Å². The summed E-state index contributed by atoms with van der Waals surface area (Å²) < 4.78 is 11.3. The molecule has 1 aromatic carbocycles. The first-order chi connectivity index (χ1) is 10.1. The minimum Gasteiger partial charge on any atom is -0.483 e. The van der Waals surface area contributed by atoms with Crippen molar-refractivity contribution in [3.63, 3.8) is 0 Å². The maximum atomic E-state index is 5.85. The molecule has 1 aromatic heterocycles. The third-order valence-electron chi connectivity index (χ3n) is 3.25. The van der Waals surface area contributed by atoms with Gasteiger partial charge in [-0.3, -0.25) is 0 Å². The first-order valence-corrected chi connectivity index (χ1v) is 7.38. The van der Waals surface area contributed by atoms with Gasteiger partial charge in [0.05, 0.1) is 0 Å². The van der Waals surface area contributed by atoms with Crippen LogP contribution in [0.15, 0.2) is 16.5 Å². The average Bonchev–Trinajstić information content (AvgIpc) is 2.92. The Bertz CT molecular complexity index is 570. The van der Waals surface area contributed by atoms with Crippen molar-refractivity contribution >= 4 is 0 Å². The number of nitrogens with one attached hydrogen (secondary N) is 1. The van der Waals surface area contributed by atoms with Gasteiger partial charge in [-0.2, -0.15) is 0 Å². The third-order valence-corrected chi connectivity index (χ3v) is 3.25. The number of nitrogens with zero attached hydrogens (tertiary/aromatic N) is 2. The lowest BCUT2D eigenvalue weighted by atomic mass is 10.1. The summed E-state index contributed by atoms with van der Waals surface area (Å²) in [6.07, 6.45) is 0.740. The molecule has 0 aliphatic rings. The molecule has 1 heterocycles. The molecule has 0 fully saturated rings. The van der Waals surface area contributed by atoms with Crippen molar-refractivity contribution in [3.8, 4) is 5.75 Å². The number of hydrogen-bond acceptors (Lipinski definition) is 5. The summed E-state index contributed by atoms with van der Waals surface area (Å²) in [6, 6.07) is 4.30. The molecular weight excluding hydrogens is 266 g/mol. The van der Waals surface area contributed by atoms with Gasteiger partial charge in [0.1, 0.15) is 5.75 Å². The van der Waals surface area contributed by atoms with E-state index < -0.39 is 0 Å². The van der Waals surface area contributed by atoms with Crippen molar-refractivity contribution in [2.24, 2.45) is 0 Å². The van der Waals surface area contributed by atoms with Crippen molar-refractivity contribution in [3.05, 3.63) is 40.6 Å². The second kappa shape index (κ2) is 7.22. The molecule has 0 atom stereocenters. The van der Waals surface area contributed by atoms with Gasteiger partial charge in [-0.05, 0) is 37.1 Å². The van der Waals surface area contributed by atoms with Crippen molar-refractivity contribution in [1.82, 2.24) is 15.5 Å². The molecular formula is C16H23N3O2. The Hall–Kier alpha value is -1.88. The van der Waals surface area contributed by atoms with Gasteiger partial charge < -0.3 is 14.5 Å². The number of aryl methyl sites for hydroxylation is 3. The summed E-state index contributed by atoms with van der Waals surface area (Å²) in [5, 5.41) is 11.2. The van der Waals surface area contributed by atoms with E-state index in [9.17, 15) is 0 Å². The van der Waals surface area contributed by atoms with Crippen LogP contribution in [0.25, 0.3) is 0 Å². The zero-order chi connectivity index (χ0) is 15.2. The number of hydrogen-bond donors (Lipinski definition) is 1. The van der Waals surface area contributed by atoms with E-state index >= 15 is 0 Å².